The lowest BCUT2D eigenvalue weighted by Crippen LogP contribution is -2.58. The van der Waals surface area contributed by atoms with Crippen molar-refractivity contribution in [2.24, 2.45) is 17.8 Å². The first-order chi connectivity index (χ1) is 31.6. The van der Waals surface area contributed by atoms with Crippen LogP contribution in [0.1, 0.15) is 72.8 Å². The lowest BCUT2D eigenvalue weighted by Gasteiger charge is -2.42. The number of pyridine rings is 1. The van der Waals surface area contributed by atoms with Crippen molar-refractivity contribution in [3.8, 4) is 11.5 Å². The molecular weight excluding hydrogens is 823 g/mol. The Morgan fingerprint density at radius 1 is 0.800 bits per heavy atom. The number of piperidine rings is 2. The first-order valence-corrected chi connectivity index (χ1v) is 23.1. The van der Waals surface area contributed by atoms with Gasteiger partial charge >= 0.3 is 5.97 Å². The monoisotopic (exact) mass is 883 g/mol. The van der Waals surface area contributed by atoms with Crippen molar-refractivity contribution < 1.29 is 34.1 Å². The molecule has 3 aliphatic rings. The number of phenols is 1. The number of H-pyrrole nitrogens is 1. The highest BCUT2D eigenvalue weighted by molar-refractivity contribution is 5.87. The number of ether oxygens (including phenoxy) is 2. The molecule has 4 heterocycles. The van der Waals surface area contributed by atoms with E-state index in [4.69, 9.17) is 9.47 Å². The van der Waals surface area contributed by atoms with Crippen molar-refractivity contribution in [3.63, 3.8) is 0 Å². The second-order valence-corrected chi connectivity index (χ2v) is 18.1. The number of likely N-dealkylation sites (tertiary alicyclic amines) is 3. The Labute approximate surface area is 380 Å². The summed E-state index contributed by atoms with van der Waals surface area (Å²) >= 11 is 0. The topological polar surface area (TPSA) is 165 Å². The number of aliphatic hydroxyl groups excluding tert-OH is 1. The van der Waals surface area contributed by atoms with E-state index in [0.29, 0.717) is 79.9 Å². The molecule has 0 bridgehead atoms. The number of carbonyl (C=O) groups is 3. The number of nitrogens with one attached hydrogen (secondary N) is 2. The molecule has 1 aromatic heterocycles. The van der Waals surface area contributed by atoms with Gasteiger partial charge < -0.3 is 39.8 Å². The van der Waals surface area contributed by atoms with Crippen LogP contribution in [0.15, 0.2) is 114 Å². The van der Waals surface area contributed by atoms with Gasteiger partial charge in [-0.1, -0.05) is 85.8 Å². The lowest BCUT2D eigenvalue weighted by molar-refractivity contribution is -0.150. The zero-order chi connectivity index (χ0) is 45.3. The van der Waals surface area contributed by atoms with Gasteiger partial charge in [0.05, 0.1) is 30.1 Å². The minimum absolute atomic E-state index is 0.0485. The summed E-state index contributed by atoms with van der Waals surface area (Å²) in [4.78, 5) is 61.0. The van der Waals surface area contributed by atoms with E-state index in [0.717, 1.165) is 56.4 Å². The second kappa shape index (κ2) is 21.3. The molecule has 3 atom stereocenters. The molecule has 3 fully saturated rings. The van der Waals surface area contributed by atoms with E-state index in [1.165, 1.54) is 17.7 Å². The SMILES string of the molecule is CC(c1ccccc1)C(C(=O)OCC1CCN(Cc2ccccc2)CC1)c1cccc(OCC(=O)N2CC(C(=O)N3CCC(CNC[C@H](O)c4ccc(O)c5[nH]c(=O)ccc45)CC3)C2)c1. The summed E-state index contributed by atoms with van der Waals surface area (Å²) in [6.07, 6.45) is 2.78. The Hall–Kier alpha value is -6.02. The maximum atomic E-state index is 14.0. The molecule has 13 heteroatoms. The van der Waals surface area contributed by atoms with Gasteiger partial charge in [-0.15, -0.1) is 0 Å². The summed E-state index contributed by atoms with van der Waals surface area (Å²) in [5.41, 5.74) is 3.69. The highest BCUT2D eigenvalue weighted by atomic mass is 16.5. The summed E-state index contributed by atoms with van der Waals surface area (Å²) in [7, 11) is 0. The molecule has 3 aliphatic heterocycles. The normalized spacial score (nSPS) is 17.9. The molecule has 342 valence electrons. The van der Waals surface area contributed by atoms with Gasteiger partial charge in [0.2, 0.25) is 11.5 Å². The summed E-state index contributed by atoms with van der Waals surface area (Å²) in [6, 6.07) is 34.0. The van der Waals surface area contributed by atoms with Crippen LogP contribution in [0.3, 0.4) is 0 Å². The molecule has 2 amide bonds. The highest BCUT2D eigenvalue weighted by Crippen LogP contribution is 2.36. The van der Waals surface area contributed by atoms with Crippen LogP contribution < -0.4 is 15.6 Å². The van der Waals surface area contributed by atoms with Crippen LogP contribution in [-0.2, 0) is 25.7 Å². The number of nitrogens with zero attached hydrogens (tertiary/aromatic N) is 3. The smallest absolute Gasteiger partial charge is 0.314 e. The van der Waals surface area contributed by atoms with Gasteiger partial charge in [-0.2, -0.15) is 0 Å². The summed E-state index contributed by atoms with van der Waals surface area (Å²) in [6.45, 7) is 8.10. The number of aromatic hydroxyl groups is 1. The molecule has 8 rings (SSSR count). The average molecular weight is 884 g/mol. The first kappa shape index (κ1) is 45.5. The van der Waals surface area contributed by atoms with Crippen LogP contribution in [0.25, 0.3) is 10.9 Å². The third-order valence-electron chi connectivity index (χ3n) is 13.6. The minimum atomic E-state index is -0.836. The average Bonchev–Trinajstić information content (AvgIpc) is 3.31. The first-order valence-electron chi connectivity index (χ1n) is 23.1. The molecular formula is C52H61N5O8. The van der Waals surface area contributed by atoms with Gasteiger partial charge in [-0.05, 0) is 110 Å². The minimum Gasteiger partial charge on any atom is -0.506 e. The molecule has 2 unspecified atom stereocenters. The Balaban J connectivity index is 0.771. The van der Waals surface area contributed by atoms with Crippen LogP contribution in [0.4, 0.5) is 0 Å². The molecule has 0 radical (unpaired) electrons. The maximum Gasteiger partial charge on any atom is 0.314 e. The van der Waals surface area contributed by atoms with Crippen molar-refractivity contribution in [1.29, 1.82) is 0 Å². The van der Waals surface area contributed by atoms with Crippen molar-refractivity contribution in [3.05, 3.63) is 142 Å². The van der Waals surface area contributed by atoms with Crippen molar-refractivity contribution >= 4 is 28.7 Å². The zero-order valence-corrected chi connectivity index (χ0v) is 37.1. The van der Waals surface area contributed by atoms with E-state index in [1.54, 1.807) is 23.1 Å². The molecule has 13 nitrogen and oxygen atoms in total. The van der Waals surface area contributed by atoms with Crippen LogP contribution in [-0.4, -0.2) is 113 Å². The number of amides is 2. The largest absolute Gasteiger partial charge is 0.506 e. The van der Waals surface area contributed by atoms with E-state index in [-0.39, 0.29) is 47.5 Å². The number of rotatable bonds is 17. The van der Waals surface area contributed by atoms with E-state index in [9.17, 15) is 29.4 Å². The predicted molar refractivity (Wildman–Crippen MR) is 248 cm³/mol. The van der Waals surface area contributed by atoms with Crippen LogP contribution >= 0.6 is 0 Å². The standard InChI is InChI=1S/C52H61N5O8/c1-35(39-11-6-3-7-12-39)49(52(63)65-33-38-19-23-55(24-20-38)30-37-9-4-2-5-10-37)40-13-8-14-42(27-40)64-34-48(61)57-31-41(32-57)51(62)56-25-21-36(22-26-56)28-53-29-46(59)43-15-17-45(58)50-44(43)16-18-47(60)54-50/h2-18,27,35-36,38,41,46,49,53,58-59H,19-26,28-34H2,1H3,(H,54,60)/t35?,46-,49?/m0/s1. The van der Waals surface area contributed by atoms with Gasteiger partial charge in [-0.3, -0.25) is 24.1 Å². The number of hydrogen-bond acceptors (Lipinski definition) is 10. The van der Waals surface area contributed by atoms with Crippen LogP contribution in [0.2, 0.25) is 0 Å². The predicted octanol–water partition coefficient (Wildman–Crippen LogP) is 5.98. The third-order valence-corrected chi connectivity index (χ3v) is 13.6. The van der Waals surface area contributed by atoms with E-state index in [1.807, 2.05) is 66.4 Å². The molecule has 4 aromatic carbocycles. The maximum absolute atomic E-state index is 14.0. The lowest BCUT2D eigenvalue weighted by atomic mass is 9.82. The van der Waals surface area contributed by atoms with Crippen LogP contribution in [0.5, 0.6) is 11.5 Å². The quantitative estimate of drug-likeness (QED) is 0.0818. The third kappa shape index (κ3) is 11.4. The number of aliphatic hydroxyl groups is 1. The molecule has 4 N–H and O–H groups in total. The van der Waals surface area contributed by atoms with Crippen molar-refractivity contribution in [1.82, 2.24) is 25.0 Å². The fourth-order valence-corrected chi connectivity index (χ4v) is 9.59. The number of fused-ring (bicyclic) bond motifs is 1. The number of esters is 1. The van der Waals surface area contributed by atoms with E-state index >= 15 is 0 Å². The highest BCUT2D eigenvalue weighted by Gasteiger charge is 2.39. The fraction of sp³-hybridized carbons (Fsp3) is 0.423. The number of carbonyl (C=O) groups excluding carboxylic acids is 3. The summed E-state index contributed by atoms with van der Waals surface area (Å²) < 4.78 is 12.1. The van der Waals surface area contributed by atoms with E-state index in [2.05, 4.69) is 39.5 Å². The Bertz CT molecular complexity index is 2440. The van der Waals surface area contributed by atoms with Crippen LogP contribution in [0, 0.1) is 17.8 Å². The number of hydrogen-bond donors (Lipinski definition) is 4. The Kier molecular flexibility index (Phi) is 14.9. The number of aromatic nitrogens is 1. The van der Waals surface area contributed by atoms with Gasteiger partial charge in [0.15, 0.2) is 6.61 Å². The number of phenolic OH excluding ortho intramolecular Hbond substituents is 1. The van der Waals surface area contributed by atoms with Gasteiger partial charge in [0.1, 0.15) is 11.5 Å². The van der Waals surface area contributed by atoms with Crippen molar-refractivity contribution in [2.75, 3.05) is 65.6 Å². The van der Waals surface area contributed by atoms with Crippen molar-refractivity contribution in [2.45, 2.75) is 57.1 Å². The zero-order valence-electron chi connectivity index (χ0n) is 37.1. The number of benzene rings is 4. The van der Waals surface area contributed by atoms with E-state index < -0.39 is 12.0 Å². The molecule has 0 saturated carbocycles. The molecule has 0 spiro atoms. The van der Waals surface area contributed by atoms with Gasteiger partial charge in [0.25, 0.3) is 5.91 Å². The van der Waals surface area contributed by atoms with Gasteiger partial charge in [-0.25, -0.2) is 0 Å². The second-order valence-electron chi connectivity index (χ2n) is 18.1. The van der Waals surface area contributed by atoms with Gasteiger partial charge in [0, 0.05) is 50.7 Å². The Morgan fingerprint density at radius 2 is 1.49 bits per heavy atom. The summed E-state index contributed by atoms with van der Waals surface area (Å²) in [5.74, 6) is -0.274. The summed E-state index contributed by atoms with van der Waals surface area (Å²) in [5, 5.41) is 25.0. The molecule has 5 aromatic rings. The molecule has 3 saturated heterocycles. The number of aromatic amines is 1. The Morgan fingerprint density at radius 3 is 2.23 bits per heavy atom. The molecule has 0 aliphatic carbocycles. The fourth-order valence-electron chi connectivity index (χ4n) is 9.59. The molecule has 65 heavy (non-hydrogen) atoms.